The zero-order valence-electron chi connectivity index (χ0n) is 11.2. The van der Waals surface area contributed by atoms with E-state index in [4.69, 9.17) is 10.2 Å². The van der Waals surface area contributed by atoms with E-state index < -0.39 is 11.4 Å². The summed E-state index contributed by atoms with van der Waals surface area (Å²) in [4.78, 5) is 25.0. The van der Waals surface area contributed by atoms with Crippen molar-refractivity contribution in [3.05, 3.63) is 0 Å². The highest BCUT2D eigenvalue weighted by atomic mass is 16.4. The quantitative estimate of drug-likeness (QED) is 0.616. The Balaban J connectivity index is 2.71. The molecule has 1 rings (SSSR count). The number of amides is 1. The highest BCUT2D eigenvalue weighted by Gasteiger charge is 2.42. The molecule has 0 aliphatic heterocycles. The molecule has 0 bridgehead atoms. The van der Waals surface area contributed by atoms with E-state index in [0.29, 0.717) is 12.8 Å². The van der Waals surface area contributed by atoms with Gasteiger partial charge in [0.2, 0.25) is 5.91 Å². The van der Waals surface area contributed by atoms with Gasteiger partial charge in [0.1, 0.15) is 0 Å². The summed E-state index contributed by atoms with van der Waals surface area (Å²) < 4.78 is 0. The van der Waals surface area contributed by atoms with E-state index in [2.05, 4.69) is 0 Å². The van der Waals surface area contributed by atoms with Crippen LogP contribution in [0.1, 0.15) is 38.5 Å². The van der Waals surface area contributed by atoms with E-state index in [9.17, 15) is 14.7 Å². The number of hydrogen-bond acceptors (Lipinski definition) is 4. The van der Waals surface area contributed by atoms with Crippen LogP contribution in [0.15, 0.2) is 0 Å². The Morgan fingerprint density at radius 3 is 1.95 bits per heavy atom. The third-order valence-corrected chi connectivity index (χ3v) is 3.85. The Labute approximate surface area is 113 Å². The molecule has 0 spiro atoms. The second-order valence-electron chi connectivity index (χ2n) is 5.15. The fourth-order valence-corrected chi connectivity index (χ4v) is 2.70. The van der Waals surface area contributed by atoms with Crippen LogP contribution in [0.5, 0.6) is 0 Å². The van der Waals surface area contributed by atoms with Crippen molar-refractivity contribution in [2.24, 2.45) is 5.41 Å². The molecule has 1 fully saturated rings. The number of carbonyl (C=O) groups is 2. The summed E-state index contributed by atoms with van der Waals surface area (Å²) in [5.74, 6) is -1.21. The highest BCUT2D eigenvalue weighted by Crippen LogP contribution is 2.40. The summed E-state index contributed by atoms with van der Waals surface area (Å²) >= 11 is 0. The van der Waals surface area contributed by atoms with Crippen molar-refractivity contribution in [2.75, 3.05) is 26.3 Å². The van der Waals surface area contributed by atoms with Crippen molar-refractivity contribution in [2.45, 2.75) is 38.5 Å². The largest absolute Gasteiger partial charge is 0.481 e. The number of aliphatic carboxylic acids is 1. The van der Waals surface area contributed by atoms with Gasteiger partial charge in [0.25, 0.3) is 0 Å². The smallest absolute Gasteiger partial charge is 0.310 e. The lowest BCUT2D eigenvalue weighted by molar-refractivity contribution is -0.156. The van der Waals surface area contributed by atoms with Gasteiger partial charge in [-0.15, -0.1) is 0 Å². The van der Waals surface area contributed by atoms with Gasteiger partial charge in [0.05, 0.1) is 18.6 Å². The van der Waals surface area contributed by atoms with Crippen LogP contribution in [0, 0.1) is 5.41 Å². The molecule has 1 amide bonds. The number of rotatable bonds is 7. The first kappa shape index (κ1) is 15.9. The standard InChI is InChI=1S/C13H23NO5/c15-8-6-14(7-9-16)11(17)10-13(12(18)19)4-2-1-3-5-13/h15-16H,1-10H2,(H,18,19). The van der Waals surface area contributed by atoms with Crippen LogP contribution in [-0.4, -0.2) is 58.4 Å². The molecule has 0 saturated heterocycles. The molecule has 1 aliphatic carbocycles. The maximum absolute atomic E-state index is 12.1. The van der Waals surface area contributed by atoms with Crippen molar-refractivity contribution in [1.82, 2.24) is 4.90 Å². The monoisotopic (exact) mass is 273 g/mol. The first-order valence-electron chi connectivity index (χ1n) is 6.78. The van der Waals surface area contributed by atoms with Crippen LogP contribution in [-0.2, 0) is 9.59 Å². The summed E-state index contributed by atoms with van der Waals surface area (Å²) in [5, 5.41) is 27.2. The van der Waals surface area contributed by atoms with E-state index in [1.54, 1.807) is 0 Å². The minimum Gasteiger partial charge on any atom is -0.481 e. The molecule has 0 aromatic rings. The molecular formula is C13H23NO5. The van der Waals surface area contributed by atoms with Crippen LogP contribution in [0.3, 0.4) is 0 Å². The lowest BCUT2D eigenvalue weighted by Crippen LogP contribution is -2.42. The third-order valence-electron chi connectivity index (χ3n) is 3.85. The second-order valence-corrected chi connectivity index (χ2v) is 5.15. The number of carboxylic acid groups (broad SMARTS) is 1. The molecule has 1 saturated carbocycles. The molecule has 0 heterocycles. The number of carboxylic acids is 1. The fourth-order valence-electron chi connectivity index (χ4n) is 2.70. The first-order valence-corrected chi connectivity index (χ1v) is 6.78. The van der Waals surface area contributed by atoms with Gasteiger partial charge in [-0.05, 0) is 12.8 Å². The van der Waals surface area contributed by atoms with Crippen molar-refractivity contribution >= 4 is 11.9 Å². The van der Waals surface area contributed by atoms with Crippen molar-refractivity contribution < 1.29 is 24.9 Å². The van der Waals surface area contributed by atoms with Gasteiger partial charge in [0, 0.05) is 19.5 Å². The van der Waals surface area contributed by atoms with Gasteiger partial charge < -0.3 is 20.2 Å². The minimum absolute atomic E-state index is 0.0394. The predicted octanol–water partition coefficient (Wildman–Crippen LogP) is 0.225. The minimum atomic E-state index is -0.960. The Hall–Kier alpha value is -1.14. The topological polar surface area (TPSA) is 98.1 Å². The van der Waals surface area contributed by atoms with E-state index >= 15 is 0 Å². The molecule has 1 aliphatic rings. The molecule has 110 valence electrons. The molecule has 6 heteroatoms. The summed E-state index contributed by atoms with van der Waals surface area (Å²) in [5.41, 5.74) is -0.960. The van der Waals surface area contributed by atoms with Crippen LogP contribution in [0.25, 0.3) is 0 Å². The molecular weight excluding hydrogens is 250 g/mol. The molecule has 0 aromatic heterocycles. The Morgan fingerprint density at radius 2 is 1.53 bits per heavy atom. The number of aliphatic hydroxyl groups is 2. The van der Waals surface area contributed by atoms with Gasteiger partial charge in [0.15, 0.2) is 0 Å². The maximum atomic E-state index is 12.1. The Bertz CT molecular complexity index is 306. The summed E-state index contributed by atoms with van der Waals surface area (Å²) in [6.45, 7) is -0.109. The van der Waals surface area contributed by atoms with Crippen LogP contribution < -0.4 is 0 Å². The van der Waals surface area contributed by atoms with Crippen molar-refractivity contribution in [3.8, 4) is 0 Å². The van der Waals surface area contributed by atoms with Crippen LogP contribution >= 0.6 is 0 Å². The van der Waals surface area contributed by atoms with E-state index in [1.807, 2.05) is 0 Å². The third kappa shape index (κ3) is 4.18. The lowest BCUT2D eigenvalue weighted by Gasteiger charge is -2.34. The molecule has 6 nitrogen and oxygen atoms in total. The van der Waals surface area contributed by atoms with Crippen molar-refractivity contribution in [1.29, 1.82) is 0 Å². The predicted molar refractivity (Wildman–Crippen MR) is 68.5 cm³/mol. The lowest BCUT2D eigenvalue weighted by atomic mass is 9.71. The fraction of sp³-hybridized carbons (Fsp3) is 0.846. The van der Waals surface area contributed by atoms with Gasteiger partial charge in [-0.2, -0.15) is 0 Å². The SMILES string of the molecule is O=C(CC1(C(=O)O)CCCCC1)N(CCO)CCO. The first-order chi connectivity index (χ1) is 9.05. The summed E-state index contributed by atoms with van der Waals surface area (Å²) in [6, 6.07) is 0. The molecule has 19 heavy (non-hydrogen) atoms. The van der Waals surface area contributed by atoms with Gasteiger partial charge >= 0.3 is 5.97 Å². The molecule has 0 radical (unpaired) electrons. The zero-order chi connectivity index (χ0) is 14.3. The maximum Gasteiger partial charge on any atom is 0.310 e. The van der Waals surface area contributed by atoms with Crippen LogP contribution in [0.2, 0.25) is 0 Å². The van der Waals surface area contributed by atoms with Crippen LogP contribution in [0.4, 0.5) is 0 Å². The number of hydrogen-bond donors (Lipinski definition) is 3. The van der Waals surface area contributed by atoms with Gasteiger partial charge in [-0.25, -0.2) is 0 Å². The van der Waals surface area contributed by atoms with Gasteiger partial charge in [-0.1, -0.05) is 19.3 Å². The Kier molecular flexibility index (Phi) is 6.24. The molecule has 0 atom stereocenters. The van der Waals surface area contributed by atoms with E-state index in [0.717, 1.165) is 19.3 Å². The summed E-state index contributed by atoms with van der Waals surface area (Å²) in [6.07, 6.45) is 3.70. The molecule has 0 aromatic carbocycles. The Morgan fingerprint density at radius 1 is 1.00 bits per heavy atom. The zero-order valence-corrected chi connectivity index (χ0v) is 11.2. The summed E-state index contributed by atoms with van der Waals surface area (Å²) in [7, 11) is 0. The molecule has 3 N–H and O–H groups in total. The average molecular weight is 273 g/mol. The van der Waals surface area contributed by atoms with Crippen molar-refractivity contribution in [3.63, 3.8) is 0 Å². The number of aliphatic hydroxyl groups excluding tert-OH is 2. The normalized spacial score (nSPS) is 18.0. The molecule has 0 unspecified atom stereocenters. The van der Waals surface area contributed by atoms with E-state index in [1.165, 1.54) is 4.90 Å². The number of carbonyl (C=O) groups excluding carboxylic acids is 1. The van der Waals surface area contributed by atoms with Gasteiger partial charge in [-0.3, -0.25) is 9.59 Å². The highest BCUT2D eigenvalue weighted by molar-refractivity contribution is 5.85. The number of nitrogens with zero attached hydrogens (tertiary/aromatic N) is 1. The second kappa shape index (κ2) is 7.45. The average Bonchev–Trinajstić information content (AvgIpc) is 2.39. The van der Waals surface area contributed by atoms with E-state index in [-0.39, 0.29) is 38.6 Å².